The highest BCUT2D eigenvalue weighted by molar-refractivity contribution is 5.75. The second kappa shape index (κ2) is 9.93. The molecule has 4 heteroatoms. The van der Waals surface area contributed by atoms with Gasteiger partial charge in [0.1, 0.15) is 0 Å². The van der Waals surface area contributed by atoms with E-state index in [2.05, 4.69) is 10.6 Å². The number of aliphatic hydroxyl groups excluding tert-OH is 1. The zero-order valence-corrected chi connectivity index (χ0v) is 9.88. The number of nitrogens with one attached hydrogen (secondary N) is 2. The quantitative estimate of drug-likeness (QED) is 0.492. The second-order valence-electron chi connectivity index (χ2n) is 3.88. The molecule has 0 saturated carbocycles. The lowest BCUT2D eigenvalue weighted by Crippen LogP contribution is -2.27. The summed E-state index contributed by atoms with van der Waals surface area (Å²) in [5, 5.41) is 14.8. The van der Waals surface area contributed by atoms with Crippen LogP contribution < -0.4 is 10.6 Å². The van der Waals surface area contributed by atoms with Crippen molar-refractivity contribution in [1.29, 1.82) is 0 Å². The Bertz CT molecular complexity index is 163. The predicted molar refractivity (Wildman–Crippen MR) is 61.7 cm³/mol. The Morgan fingerprint density at radius 2 is 2.13 bits per heavy atom. The van der Waals surface area contributed by atoms with Crippen molar-refractivity contribution in [1.82, 2.24) is 10.6 Å². The van der Waals surface area contributed by atoms with Gasteiger partial charge in [-0.15, -0.1) is 0 Å². The molecule has 90 valence electrons. The van der Waals surface area contributed by atoms with Gasteiger partial charge in [0.05, 0.1) is 0 Å². The van der Waals surface area contributed by atoms with Crippen molar-refractivity contribution >= 4 is 5.91 Å². The minimum atomic E-state index is 0.105. The lowest BCUT2D eigenvalue weighted by Gasteiger charge is -2.08. The maximum absolute atomic E-state index is 11.0. The summed E-state index contributed by atoms with van der Waals surface area (Å²) in [6.45, 7) is 6.57. The summed E-state index contributed by atoms with van der Waals surface area (Å²) in [6.07, 6.45) is 2.63. The van der Waals surface area contributed by atoms with Gasteiger partial charge in [0.2, 0.25) is 5.91 Å². The highest BCUT2D eigenvalue weighted by atomic mass is 16.3. The van der Waals surface area contributed by atoms with E-state index < -0.39 is 0 Å². The van der Waals surface area contributed by atoms with Gasteiger partial charge >= 0.3 is 0 Å². The topological polar surface area (TPSA) is 61.4 Å². The number of hydrogen-bond acceptors (Lipinski definition) is 3. The number of carbonyl (C=O) groups excluding carboxylic acids is 1. The number of aliphatic hydroxyl groups is 1. The fraction of sp³-hybridized carbons (Fsp3) is 0.909. The summed E-state index contributed by atoms with van der Waals surface area (Å²) in [5.41, 5.74) is 0. The number of carbonyl (C=O) groups is 1. The van der Waals surface area contributed by atoms with Crippen molar-refractivity contribution in [2.75, 3.05) is 26.2 Å². The Morgan fingerprint density at radius 1 is 1.40 bits per heavy atom. The molecule has 0 saturated heterocycles. The molecule has 0 aliphatic rings. The third-order valence-electron chi connectivity index (χ3n) is 2.26. The molecule has 1 atom stereocenters. The first-order valence-electron chi connectivity index (χ1n) is 5.79. The van der Waals surface area contributed by atoms with E-state index in [0.29, 0.717) is 18.9 Å². The summed E-state index contributed by atoms with van der Waals surface area (Å²) < 4.78 is 0. The molecule has 0 spiro atoms. The van der Waals surface area contributed by atoms with Crippen molar-refractivity contribution in [3.05, 3.63) is 0 Å². The van der Waals surface area contributed by atoms with Crippen LogP contribution in [0.2, 0.25) is 0 Å². The van der Waals surface area contributed by atoms with Gasteiger partial charge in [0.15, 0.2) is 0 Å². The average molecular weight is 216 g/mol. The third kappa shape index (κ3) is 9.69. The smallest absolute Gasteiger partial charge is 0.221 e. The van der Waals surface area contributed by atoms with Crippen LogP contribution in [0.25, 0.3) is 0 Å². The van der Waals surface area contributed by atoms with E-state index in [-0.39, 0.29) is 12.5 Å². The summed E-state index contributed by atoms with van der Waals surface area (Å²) >= 11 is 0. The highest BCUT2D eigenvalue weighted by Crippen LogP contribution is 2.02. The van der Waals surface area contributed by atoms with Crippen molar-refractivity contribution < 1.29 is 9.90 Å². The van der Waals surface area contributed by atoms with E-state index in [9.17, 15) is 4.79 Å². The summed E-state index contributed by atoms with van der Waals surface area (Å²) in [5.74, 6) is 0.490. The zero-order chi connectivity index (χ0) is 11.5. The van der Waals surface area contributed by atoms with Gasteiger partial charge in [0, 0.05) is 26.1 Å². The summed E-state index contributed by atoms with van der Waals surface area (Å²) in [7, 11) is 0. The molecule has 0 aliphatic carbocycles. The van der Waals surface area contributed by atoms with Crippen molar-refractivity contribution in [2.24, 2.45) is 5.92 Å². The molecule has 0 aromatic carbocycles. The Kier molecular flexibility index (Phi) is 9.52. The fourth-order valence-electron chi connectivity index (χ4n) is 1.28. The predicted octanol–water partition coefficient (Wildman–Crippen LogP) is 0.511. The van der Waals surface area contributed by atoms with E-state index in [0.717, 1.165) is 25.9 Å². The van der Waals surface area contributed by atoms with Crippen LogP contribution in [-0.4, -0.2) is 37.3 Å². The first-order chi connectivity index (χ1) is 7.20. The summed E-state index contributed by atoms with van der Waals surface area (Å²) in [4.78, 5) is 11.0. The minimum Gasteiger partial charge on any atom is -0.396 e. The van der Waals surface area contributed by atoms with Crippen molar-refractivity contribution in [3.8, 4) is 0 Å². The highest BCUT2D eigenvalue weighted by Gasteiger charge is 2.00. The van der Waals surface area contributed by atoms with Crippen LogP contribution in [-0.2, 0) is 4.79 Å². The Balaban J connectivity index is 3.14. The van der Waals surface area contributed by atoms with Crippen LogP contribution in [0, 0.1) is 5.92 Å². The largest absolute Gasteiger partial charge is 0.396 e. The van der Waals surface area contributed by atoms with Crippen LogP contribution in [0.3, 0.4) is 0 Å². The molecule has 15 heavy (non-hydrogen) atoms. The molecule has 0 radical (unpaired) electrons. The minimum absolute atomic E-state index is 0.105. The average Bonchev–Trinajstić information content (AvgIpc) is 2.23. The second-order valence-corrected chi connectivity index (χ2v) is 3.88. The Labute approximate surface area is 92.4 Å². The van der Waals surface area contributed by atoms with Gasteiger partial charge in [0.25, 0.3) is 0 Å². The van der Waals surface area contributed by atoms with E-state index in [4.69, 9.17) is 5.11 Å². The normalized spacial score (nSPS) is 12.5. The van der Waals surface area contributed by atoms with E-state index in [1.165, 1.54) is 0 Å². The number of amides is 1. The lowest BCUT2D eigenvalue weighted by atomic mass is 10.1. The SMILES string of the molecule is CCNC(=O)CCNCCCC(C)CO. The Hall–Kier alpha value is -0.610. The molecule has 0 aliphatic heterocycles. The first kappa shape index (κ1) is 14.4. The van der Waals surface area contributed by atoms with Crippen LogP contribution >= 0.6 is 0 Å². The summed E-state index contributed by atoms with van der Waals surface area (Å²) in [6, 6.07) is 0. The van der Waals surface area contributed by atoms with Crippen molar-refractivity contribution in [2.45, 2.75) is 33.1 Å². The zero-order valence-electron chi connectivity index (χ0n) is 9.88. The van der Waals surface area contributed by atoms with Crippen LogP contribution in [0.5, 0.6) is 0 Å². The van der Waals surface area contributed by atoms with Crippen molar-refractivity contribution in [3.63, 3.8) is 0 Å². The van der Waals surface area contributed by atoms with Gasteiger partial charge in [-0.05, 0) is 32.2 Å². The number of hydrogen-bond donors (Lipinski definition) is 3. The molecule has 1 amide bonds. The third-order valence-corrected chi connectivity index (χ3v) is 2.26. The van der Waals surface area contributed by atoms with Gasteiger partial charge in [-0.25, -0.2) is 0 Å². The fourth-order valence-corrected chi connectivity index (χ4v) is 1.28. The molecular weight excluding hydrogens is 192 g/mol. The molecule has 0 fully saturated rings. The van der Waals surface area contributed by atoms with E-state index >= 15 is 0 Å². The Morgan fingerprint density at radius 3 is 2.73 bits per heavy atom. The molecule has 0 heterocycles. The molecule has 3 N–H and O–H groups in total. The molecular formula is C11H24N2O2. The van der Waals surface area contributed by atoms with Crippen LogP contribution in [0.15, 0.2) is 0 Å². The monoisotopic (exact) mass is 216 g/mol. The van der Waals surface area contributed by atoms with Gasteiger partial charge in [-0.1, -0.05) is 6.92 Å². The lowest BCUT2D eigenvalue weighted by molar-refractivity contribution is -0.120. The maximum Gasteiger partial charge on any atom is 0.221 e. The number of rotatable bonds is 9. The van der Waals surface area contributed by atoms with Gasteiger partial charge in [-0.3, -0.25) is 4.79 Å². The molecule has 0 aromatic heterocycles. The molecule has 1 unspecified atom stereocenters. The maximum atomic E-state index is 11.0. The molecule has 0 bridgehead atoms. The molecule has 0 aromatic rings. The van der Waals surface area contributed by atoms with E-state index in [1.54, 1.807) is 0 Å². The standard InChI is InChI=1S/C11H24N2O2/c1-3-13-11(15)6-8-12-7-4-5-10(2)9-14/h10,12,14H,3-9H2,1-2H3,(H,13,15). The van der Waals surface area contributed by atoms with Gasteiger partial charge < -0.3 is 15.7 Å². The van der Waals surface area contributed by atoms with Crippen LogP contribution in [0.1, 0.15) is 33.1 Å². The molecule has 4 nitrogen and oxygen atoms in total. The first-order valence-corrected chi connectivity index (χ1v) is 5.79. The van der Waals surface area contributed by atoms with Crippen LogP contribution in [0.4, 0.5) is 0 Å². The van der Waals surface area contributed by atoms with E-state index in [1.807, 2.05) is 13.8 Å². The molecule has 0 rings (SSSR count). The van der Waals surface area contributed by atoms with Gasteiger partial charge in [-0.2, -0.15) is 0 Å².